The Morgan fingerprint density at radius 2 is 2.12 bits per heavy atom. The van der Waals surface area contributed by atoms with Crippen molar-refractivity contribution in [1.29, 1.82) is 0 Å². The van der Waals surface area contributed by atoms with Gasteiger partial charge in [0, 0.05) is 13.0 Å². The molecule has 0 saturated carbocycles. The molecule has 3 aliphatic rings. The van der Waals surface area contributed by atoms with Gasteiger partial charge in [-0.25, -0.2) is 0 Å². The van der Waals surface area contributed by atoms with Gasteiger partial charge in [0.1, 0.15) is 0 Å². The maximum atomic E-state index is 13.1. The third-order valence-electron chi connectivity index (χ3n) is 6.42. The first kappa shape index (κ1) is 17.5. The van der Waals surface area contributed by atoms with E-state index in [1.807, 2.05) is 23.6 Å². The summed E-state index contributed by atoms with van der Waals surface area (Å²) >= 11 is 0. The first-order chi connectivity index (χ1) is 12.3. The quantitative estimate of drug-likeness (QED) is 0.836. The zero-order valence-electron chi connectivity index (χ0n) is 16.1. The van der Waals surface area contributed by atoms with Crippen LogP contribution in [0.4, 0.5) is 0 Å². The molecule has 5 heteroatoms. The SMILES string of the molecule is Cc1ccc(C)c(CC(=O)N2CC[C@@]34OC[C@@H](C(C)C)N3C(=O)C[C@@H]24)c1. The predicted molar refractivity (Wildman–Crippen MR) is 98.5 cm³/mol. The summed E-state index contributed by atoms with van der Waals surface area (Å²) in [5.41, 5.74) is 2.80. The van der Waals surface area contributed by atoms with Crippen LogP contribution in [0.5, 0.6) is 0 Å². The van der Waals surface area contributed by atoms with Crippen LogP contribution in [0.15, 0.2) is 18.2 Å². The molecule has 0 bridgehead atoms. The Hall–Kier alpha value is -1.88. The molecule has 1 aromatic carbocycles. The highest BCUT2D eigenvalue weighted by Crippen LogP contribution is 2.48. The molecular formula is C21H28N2O3. The van der Waals surface area contributed by atoms with Crippen LogP contribution in [0.2, 0.25) is 0 Å². The van der Waals surface area contributed by atoms with Gasteiger partial charge in [-0.15, -0.1) is 0 Å². The molecule has 3 fully saturated rings. The van der Waals surface area contributed by atoms with E-state index in [0.717, 1.165) is 23.1 Å². The second-order valence-electron chi connectivity index (χ2n) is 8.39. The zero-order chi connectivity index (χ0) is 18.6. The van der Waals surface area contributed by atoms with Crippen LogP contribution in [0.25, 0.3) is 0 Å². The van der Waals surface area contributed by atoms with Gasteiger partial charge in [-0.05, 0) is 30.9 Å². The van der Waals surface area contributed by atoms with E-state index in [2.05, 4.69) is 32.0 Å². The van der Waals surface area contributed by atoms with Crippen molar-refractivity contribution in [3.8, 4) is 0 Å². The molecule has 3 heterocycles. The second-order valence-corrected chi connectivity index (χ2v) is 8.39. The average Bonchev–Trinajstić information content (AvgIpc) is 3.20. The van der Waals surface area contributed by atoms with Crippen molar-refractivity contribution in [3.63, 3.8) is 0 Å². The van der Waals surface area contributed by atoms with Crippen LogP contribution in [-0.2, 0) is 20.7 Å². The highest BCUT2D eigenvalue weighted by molar-refractivity contribution is 5.86. The van der Waals surface area contributed by atoms with Crippen LogP contribution in [0.1, 0.15) is 43.4 Å². The number of amides is 2. The van der Waals surface area contributed by atoms with Gasteiger partial charge in [0.25, 0.3) is 0 Å². The third kappa shape index (κ3) is 2.48. The molecule has 1 aromatic rings. The summed E-state index contributed by atoms with van der Waals surface area (Å²) in [6.45, 7) is 9.60. The molecule has 0 unspecified atom stereocenters. The van der Waals surface area contributed by atoms with Crippen molar-refractivity contribution in [2.45, 2.75) is 64.8 Å². The van der Waals surface area contributed by atoms with Gasteiger partial charge in [0.2, 0.25) is 11.8 Å². The summed E-state index contributed by atoms with van der Waals surface area (Å²) in [4.78, 5) is 29.7. The van der Waals surface area contributed by atoms with E-state index in [9.17, 15) is 9.59 Å². The molecule has 140 valence electrons. The van der Waals surface area contributed by atoms with E-state index in [-0.39, 0.29) is 23.9 Å². The molecule has 0 aliphatic carbocycles. The monoisotopic (exact) mass is 356 g/mol. The van der Waals surface area contributed by atoms with Gasteiger partial charge >= 0.3 is 0 Å². The van der Waals surface area contributed by atoms with Crippen molar-refractivity contribution in [3.05, 3.63) is 34.9 Å². The van der Waals surface area contributed by atoms with Gasteiger partial charge in [-0.3, -0.25) is 9.59 Å². The molecule has 3 atom stereocenters. The number of hydrogen-bond acceptors (Lipinski definition) is 3. The van der Waals surface area contributed by atoms with Crippen molar-refractivity contribution in [2.24, 2.45) is 5.92 Å². The number of nitrogens with zero attached hydrogens (tertiary/aromatic N) is 2. The van der Waals surface area contributed by atoms with E-state index in [1.54, 1.807) is 0 Å². The number of aryl methyl sites for hydroxylation is 2. The predicted octanol–water partition coefficient (Wildman–Crippen LogP) is 2.43. The minimum absolute atomic E-state index is 0.104. The van der Waals surface area contributed by atoms with Crippen molar-refractivity contribution >= 4 is 11.8 Å². The standard InChI is InChI=1S/C21H28N2O3/c1-13(2)17-12-26-21-7-8-22(18(21)11-20(25)23(17)21)19(24)10-16-9-14(3)5-6-15(16)4/h5-6,9,13,17-18H,7-8,10-12H2,1-4H3/t17-,18+,21-/m0/s1. The zero-order valence-corrected chi connectivity index (χ0v) is 16.1. The van der Waals surface area contributed by atoms with E-state index in [4.69, 9.17) is 4.74 Å². The Labute approximate surface area is 155 Å². The van der Waals surface area contributed by atoms with Crippen molar-refractivity contribution in [2.75, 3.05) is 13.2 Å². The minimum Gasteiger partial charge on any atom is -0.351 e. The Bertz CT molecular complexity index is 760. The molecule has 5 nitrogen and oxygen atoms in total. The number of carbonyl (C=O) groups excluding carboxylic acids is 2. The maximum Gasteiger partial charge on any atom is 0.227 e. The summed E-state index contributed by atoms with van der Waals surface area (Å²) in [5.74, 6) is 0.596. The van der Waals surface area contributed by atoms with Crippen LogP contribution < -0.4 is 0 Å². The molecule has 4 rings (SSSR count). The molecule has 0 radical (unpaired) electrons. The Balaban J connectivity index is 1.56. The lowest BCUT2D eigenvalue weighted by molar-refractivity contribution is -0.141. The summed E-state index contributed by atoms with van der Waals surface area (Å²) in [6, 6.07) is 6.21. The van der Waals surface area contributed by atoms with Crippen LogP contribution in [0, 0.1) is 19.8 Å². The molecule has 3 aliphatic heterocycles. The Morgan fingerprint density at radius 3 is 2.85 bits per heavy atom. The number of rotatable bonds is 3. The third-order valence-corrected chi connectivity index (χ3v) is 6.42. The van der Waals surface area contributed by atoms with Crippen molar-refractivity contribution < 1.29 is 14.3 Å². The topological polar surface area (TPSA) is 49.9 Å². The fourth-order valence-corrected chi connectivity index (χ4v) is 4.92. The largest absolute Gasteiger partial charge is 0.351 e. The molecular weight excluding hydrogens is 328 g/mol. The smallest absolute Gasteiger partial charge is 0.227 e. The molecule has 0 aromatic heterocycles. The van der Waals surface area contributed by atoms with Crippen LogP contribution in [0.3, 0.4) is 0 Å². The fourth-order valence-electron chi connectivity index (χ4n) is 4.92. The number of benzene rings is 1. The first-order valence-electron chi connectivity index (χ1n) is 9.65. The lowest BCUT2D eigenvalue weighted by atomic mass is 10.0. The van der Waals surface area contributed by atoms with Gasteiger partial charge in [-0.2, -0.15) is 0 Å². The van der Waals surface area contributed by atoms with Gasteiger partial charge in [-0.1, -0.05) is 37.6 Å². The highest BCUT2D eigenvalue weighted by Gasteiger charge is 2.65. The fraction of sp³-hybridized carbons (Fsp3) is 0.619. The normalized spacial score (nSPS) is 30.3. The van der Waals surface area contributed by atoms with Crippen LogP contribution in [-0.4, -0.2) is 52.6 Å². The lowest BCUT2D eigenvalue weighted by Crippen LogP contribution is -2.51. The van der Waals surface area contributed by atoms with E-state index in [1.165, 1.54) is 0 Å². The van der Waals surface area contributed by atoms with Gasteiger partial charge in [0.05, 0.1) is 31.5 Å². The maximum absolute atomic E-state index is 13.1. The number of carbonyl (C=O) groups is 2. The van der Waals surface area contributed by atoms with Gasteiger partial charge in [0.15, 0.2) is 5.72 Å². The first-order valence-corrected chi connectivity index (χ1v) is 9.65. The van der Waals surface area contributed by atoms with Crippen molar-refractivity contribution in [1.82, 2.24) is 9.80 Å². The minimum atomic E-state index is -0.580. The Kier molecular flexibility index (Phi) is 4.10. The highest BCUT2D eigenvalue weighted by atomic mass is 16.5. The summed E-state index contributed by atoms with van der Waals surface area (Å²) in [5, 5.41) is 0. The summed E-state index contributed by atoms with van der Waals surface area (Å²) < 4.78 is 6.22. The van der Waals surface area contributed by atoms with Crippen LogP contribution >= 0.6 is 0 Å². The molecule has 2 amide bonds. The summed E-state index contributed by atoms with van der Waals surface area (Å²) in [6.07, 6.45) is 1.51. The number of ether oxygens (including phenoxy) is 1. The Morgan fingerprint density at radius 1 is 1.35 bits per heavy atom. The van der Waals surface area contributed by atoms with E-state index < -0.39 is 5.72 Å². The average molecular weight is 356 g/mol. The molecule has 1 spiro atoms. The molecule has 3 saturated heterocycles. The van der Waals surface area contributed by atoms with E-state index >= 15 is 0 Å². The summed E-state index contributed by atoms with van der Waals surface area (Å²) in [7, 11) is 0. The lowest BCUT2D eigenvalue weighted by Gasteiger charge is -2.34. The van der Waals surface area contributed by atoms with E-state index in [0.29, 0.717) is 31.9 Å². The molecule has 26 heavy (non-hydrogen) atoms. The van der Waals surface area contributed by atoms with Gasteiger partial charge < -0.3 is 14.5 Å². The number of hydrogen-bond donors (Lipinski definition) is 0. The molecule has 0 N–H and O–H groups in total. The number of likely N-dealkylation sites (tertiary alicyclic amines) is 1. The second kappa shape index (κ2) is 6.08.